The fraction of sp³-hybridized carbons (Fsp3) is 0.636. The van der Waals surface area contributed by atoms with Crippen LogP contribution < -0.4 is 5.32 Å². The van der Waals surface area contributed by atoms with Gasteiger partial charge in [0.15, 0.2) is 0 Å². The highest BCUT2D eigenvalue weighted by molar-refractivity contribution is 5.76. The van der Waals surface area contributed by atoms with Crippen molar-refractivity contribution in [2.24, 2.45) is 0 Å². The number of hydrogen-bond donors (Lipinski definition) is 3. The minimum Gasteiger partial charge on any atom is -0.392 e. The lowest BCUT2D eigenvalue weighted by Crippen LogP contribution is -2.41. The van der Waals surface area contributed by atoms with Crippen LogP contribution in [0.5, 0.6) is 0 Å². The first kappa shape index (κ1) is 13.0. The lowest BCUT2D eigenvalue weighted by molar-refractivity contribution is 0.0800. The molecule has 0 aliphatic carbocycles. The molecule has 0 radical (unpaired) electrons. The smallest absolute Gasteiger partial charge is 0.342 e. The molecule has 1 aromatic heterocycles. The van der Waals surface area contributed by atoms with Gasteiger partial charge in [-0.05, 0) is 12.8 Å². The molecule has 0 bridgehead atoms. The first-order valence-corrected chi connectivity index (χ1v) is 5.92. The minimum atomic E-state index is -0.351. The van der Waals surface area contributed by atoms with E-state index in [1.807, 2.05) is 0 Å². The minimum absolute atomic E-state index is 0.0885. The summed E-state index contributed by atoms with van der Waals surface area (Å²) in [4.78, 5) is 11.9. The van der Waals surface area contributed by atoms with E-state index in [4.69, 9.17) is 14.9 Å². The average molecular weight is 255 g/mol. The van der Waals surface area contributed by atoms with Gasteiger partial charge in [0.2, 0.25) is 0 Å². The third-order valence-corrected chi connectivity index (χ3v) is 2.95. The summed E-state index contributed by atoms with van der Waals surface area (Å²) in [5.41, 5.74) is 0.777. The molecule has 1 aliphatic heterocycles. The largest absolute Gasteiger partial charge is 0.392 e. The van der Waals surface area contributed by atoms with Gasteiger partial charge >= 0.3 is 6.03 Å². The van der Waals surface area contributed by atoms with E-state index >= 15 is 0 Å². The van der Waals surface area contributed by atoms with Crippen molar-refractivity contribution in [3.8, 4) is 0 Å². The van der Waals surface area contributed by atoms with Gasteiger partial charge in [0.1, 0.15) is 0 Å². The van der Waals surface area contributed by atoms with Gasteiger partial charge in [-0.3, -0.25) is 0 Å². The van der Waals surface area contributed by atoms with E-state index in [9.17, 15) is 4.79 Å². The predicted molar refractivity (Wildman–Crippen MR) is 61.8 cm³/mol. The third-order valence-electron chi connectivity index (χ3n) is 2.95. The molecule has 1 aliphatic rings. The fourth-order valence-electron chi connectivity index (χ4n) is 1.90. The Morgan fingerprint density at radius 2 is 2.17 bits per heavy atom. The molecule has 18 heavy (non-hydrogen) atoms. The Labute approximate surface area is 104 Å². The lowest BCUT2D eigenvalue weighted by atomic mass is 10.1. The molecule has 0 unspecified atom stereocenters. The van der Waals surface area contributed by atoms with Gasteiger partial charge in [-0.25, -0.2) is 4.79 Å². The van der Waals surface area contributed by atoms with Crippen molar-refractivity contribution in [2.75, 3.05) is 13.2 Å². The van der Waals surface area contributed by atoms with Gasteiger partial charge in [0, 0.05) is 31.0 Å². The van der Waals surface area contributed by atoms with Crippen molar-refractivity contribution >= 4 is 6.03 Å². The maximum absolute atomic E-state index is 11.9. The topological polar surface area (TPSA) is 96.6 Å². The van der Waals surface area contributed by atoms with Crippen molar-refractivity contribution in [3.05, 3.63) is 17.5 Å². The van der Waals surface area contributed by atoms with E-state index in [0.717, 1.165) is 17.5 Å². The standard InChI is InChI=1S/C11H17N3O4/c15-6-8-5-14(13-10(8)7-16)11(17)12-9-1-3-18-4-2-9/h5,9,15-16H,1-4,6-7H2,(H,12,17). The van der Waals surface area contributed by atoms with Crippen LogP contribution in [0.3, 0.4) is 0 Å². The second-order valence-corrected chi connectivity index (χ2v) is 4.20. The van der Waals surface area contributed by atoms with Crippen LogP contribution in [0, 0.1) is 0 Å². The molecule has 0 spiro atoms. The summed E-state index contributed by atoms with van der Waals surface area (Å²) in [6, 6.07) is -0.262. The summed E-state index contributed by atoms with van der Waals surface area (Å²) in [5, 5.41) is 24.9. The second-order valence-electron chi connectivity index (χ2n) is 4.20. The number of hydrogen-bond acceptors (Lipinski definition) is 5. The Balaban J connectivity index is 2.01. The predicted octanol–water partition coefficient (Wildman–Crippen LogP) is -0.396. The van der Waals surface area contributed by atoms with E-state index in [-0.39, 0.29) is 25.3 Å². The van der Waals surface area contributed by atoms with Gasteiger partial charge in [-0.1, -0.05) is 0 Å². The van der Waals surface area contributed by atoms with Crippen LogP contribution in [-0.2, 0) is 18.0 Å². The molecular formula is C11H17N3O4. The van der Waals surface area contributed by atoms with Gasteiger partial charge in [0.05, 0.1) is 18.9 Å². The first-order chi connectivity index (χ1) is 8.74. The Morgan fingerprint density at radius 3 is 2.72 bits per heavy atom. The molecular weight excluding hydrogens is 238 g/mol. The molecule has 1 saturated heterocycles. The summed E-state index contributed by atoms with van der Waals surface area (Å²) in [7, 11) is 0. The molecule has 1 aromatic rings. The zero-order chi connectivity index (χ0) is 13.0. The summed E-state index contributed by atoms with van der Waals surface area (Å²) in [5.74, 6) is 0. The van der Waals surface area contributed by atoms with Gasteiger partial charge in [-0.2, -0.15) is 9.78 Å². The normalized spacial score (nSPS) is 16.8. The monoisotopic (exact) mass is 255 g/mol. The lowest BCUT2D eigenvalue weighted by Gasteiger charge is -2.22. The van der Waals surface area contributed by atoms with Crippen LogP contribution in [-0.4, -0.2) is 45.3 Å². The van der Waals surface area contributed by atoms with E-state index in [0.29, 0.717) is 24.5 Å². The summed E-state index contributed by atoms with van der Waals surface area (Å²) < 4.78 is 6.32. The van der Waals surface area contributed by atoms with Crippen LogP contribution in [0.1, 0.15) is 24.1 Å². The number of aliphatic hydroxyl groups excluding tert-OH is 2. The number of rotatable bonds is 3. The van der Waals surface area contributed by atoms with Crippen molar-refractivity contribution < 1.29 is 19.7 Å². The molecule has 100 valence electrons. The van der Waals surface area contributed by atoms with Crippen molar-refractivity contribution in [1.29, 1.82) is 0 Å². The van der Waals surface area contributed by atoms with Crippen LogP contribution in [0.15, 0.2) is 6.20 Å². The van der Waals surface area contributed by atoms with E-state index in [1.165, 1.54) is 6.20 Å². The molecule has 7 heteroatoms. The molecule has 0 aromatic carbocycles. The quantitative estimate of drug-likeness (QED) is 0.683. The first-order valence-electron chi connectivity index (χ1n) is 5.92. The van der Waals surface area contributed by atoms with Gasteiger partial charge in [0.25, 0.3) is 0 Å². The van der Waals surface area contributed by atoms with E-state index in [2.05, 4.69) is 10.4 Å². The number of ether oxygens (including phenoxy) is 1. The number of aromatic nitrogens is 2. The Morgan fingerprint density at radius 1 is 1.44 bits per heavy atom. The number of amides is 1. The molecule has 2 heterocycles. The third kappa shape index (κ3) is 2.87. The Hall–Kier alpha value is -1.44. The number of nitrogens with zero attached hydrogens (tertiary/aromatic N) is 2. The average Bonchev–Trinajstić information content (AvgIpc) is 2.83. The Kier molecular flexibility index (Phi) is 4.29. The number of aliphatic hydroxyl groups is 2. The number of carbonyl (C=O) groups excluding carboxylic acids is 1. The number of nitrogens with one attached hydrogen (secondary N) is 1. The summed E-state index contributed by atoms with van der Waals surface area (Å²) in [6.45, 7) is 0.746. The SMILES string of the molecule is O=C(NC1CCOCC1)n1cc(CO)c(CO)n1. The molecule has 2 rings (SSSR count). The maximum atomic E-state index is 11.9. The Bertz CT molecular complexity index is 391. The maximum Gasteiger partial charge on any atom is 0.342 e. The highest BCUT2D eigenvalue weighted by Crippen LogP contribution is 2.09. The number of carbonyl (C=O) groups is 1. The van der Waals surface area contributed by atoms with Crippen LogP contribution in [0.2, 0.25) is 0 Å². The molecule has 1 amide bonds. The van der Waals surface area contributed by atoms with Gasteiger partial charge in [-0.15, -0.1) is 0 Å². The van der Waals surface area contributed by atoms with Gasteiger partial charge < -0.3 is 20.3 Å². The molecule has 3 N–H and O–H groups in total. The summed E-state index contributed by atoms with van der Waals surface area (Å²) in [6.07, 6.45) is 3.00. The highest BCUT2D eigenvalue weighted by atomic mass is 16.5. The fourth-order valence-corrected chi connectivity index (χ4v) is 1.90. The van der Waals surface area contributed by atoms with E-state index in [1.54, 1.807) is 0 Å². The second kappa shape index (κ2) is 5.94. The van der Waals surface area contributed by atoms with Crippen molar-refractivity contribution in [1.82, 2.24) is 15.1 Å². The van der Waals surface area contributed by atoms with Crippen LogP contribution in [0.25, 0.3) is 0 Å². The highest BCUT2D eigenvalue weighted by Gasteiger charge is 2.18. The zero-order valence-corrected chi connectivity index (χ0v) is 10.0. The molecule has 1 fully saturated rings. The summed E-state index contributed by atoms with van der Waals surface area (Å²) >= 11 is 0. The van der Waals surface area contributed by atoms with Crippen molar-refractivity contribution in [3.63, 3.8) is 0 Å². The van der Waals surface area contributed by atoms with Crippen LogP contribution in [0.4, 0.5) is 4.79 Å². The van der Waals surface area contributed by atoms with Crippen LogP contribution >= 0.6 is 0 Å². The molecule has 0 atom stereocenters. The molecule has 7 nitrogen and oxygen atoms in total. The zero-order valence-electron chi connectivity index (χ0n) is 10.0. The van der Waals surface area contributed by atoms with E-state index < -0.39 is 0 Å². The van der Waals surface area contributed by atoms with Crippen molar-refractivity contribution in [2.45, 2.75) is 32.1 Å². The molecule has 0 saturated carbocycles.